The molecule has 3 aliphatic rings. The van der Waals surface area contributed by atoms with Gasteiger partial charge in [0.2, 0.25) is 0 Å². The van der Waals surface area contributed by atoms with Crippen molar-refractivity contribution in [2.75, 3.05) is 53.7 Å². The number of hydrogen-bond donors (Lipinski definition) is 0. The Morgan fingerprint density at radius 3 is 2.22 bits per heavy atom. The third-order valence-corrected chi connectivity index (χ3v) is 13.8. The Labute approximate surface area is 361 Å². The Balaban J connectivity index is 1.29. The minimum absolute atomic E-state index is 0.131. The fraction of sp³-hybridized carbons (Fsp3) is 0.841. The van der Waals surface area contributed by atoms with E-state index >= 15 is 0 Å². The molecule has 2 aromatic heterocycles. The molecule has 3 saturated heterocycles. The summed E-state index contributed by atoms with van der Waals surface area (Å²) in [5, 5.41) is 11.6. The molecule has 338 valence electrons. The van der Waals surface area contributed by atoms with E-state index in [0.29, 0.717) is 23.6 Å². The summed E-state index contributed by atoms with van der Waals surface area (Å²) in [4.78, 5) is 27.0. The summed E-state index contributed by atoms with van der Waals surface area (Å²) < 4.78 is 37.2. The number of nitrogens with zero attached hydrogens (tertiary/aromatic N) is 9. The van der Waals surface area contributed by atoms with Crippen molar-refractivity contribution in [1.82, 2.24) is 34.2 Å². The maximum atomic E-state index is 9.39. The standard InChI is InChI=1S/C44H76N9O6P/c1-8-9-10-11-12-13-14-15-16-17-18-19-20-21-26-52(37-23-28-54-29-24-37)56-31-44-30-55-39(40(44)59-60(57-27-22-25-45)53(35(2)3)36(4)5)43(58-44)51-34-48-38-41(49-33-50(6)7)46-32-47-42(38)51/h32-37,39-40,43H,8-24,26-31H2,1-7H3/b49-33-/t39?,40?,43-,44-,60?/m1/s1. The van der Waals surface area contributed by atoms with Gasteiger partial charge in [0.05, 0.1) is 38.4 Å². The molecule has 5 rings (SSSR count). The van der Waals surface area contributed by atoms with Crippen molar-refractivity contribution >= 4 is 31.8 Å². The van der Waals surface area contributed by atoms with Gasteiger partial charge in [-0.05, 0) is 47.0 Å². The van der Waals surface area contributed by atoms with E-state index in [1.807, 2.05) is 23.6 Å². The third kappa shape index (κ3) is 13.8. The van der Waals surface area contributed by atoms with Crippen molar-refractivity contribution in [3.05, 3.63) is 12.7 Å². The lowest BCUT2D eigenvalue weighted by Crippen LogP contribution is -2.50. The summed E-state index contributed by atoms with van der Waals surface area (Å²) in [5.41, 5.74) is 0.200. The van der Waals surface area contributed by atoms with Crippen LogP contribution in [-0.2, 0) is 28.1 Å². The number of hydrogen-bond acceptors (Lipinski definition) is 13. The van der Waals surface area contributed by atoms with Gasteiger partial charge in [-0.25, -0.2) is 24.6 Å². The van der Waals surface area contributed by atoms with Gasteiger partial charge in [-0.15, -0.1) is 0 Å². The van der Waals surface area contributed by atoms with E-state index in [1.54, 1.807) is 12.7 Å². The van der Waals surface area contributed by atoms with Gasteiger partial charge in [0.25, 0.3) is 8.53 Å². The molecular weight excluding hydrogens is 782 g/mol. The second-order valence-electron chi connectivity index (χ2n) is 17.5. The number of nitriles is 1. The molecule has 2 aromatic rings. The fourth-order valence-electron chi connectivity index (χ4n) is 8.54. The zero-order valence-electron chi connectivity index (χ0n) is 37.9. The summed E-state index contributed by atoms with van der Waals surface area (Å²) in [6.07, 6.45) is 23.9. The first kappa shape index (κ1) is 48.6. The van der Waals surface area contributed by atoms with Gasteiger partial charge < -0.3 is 28.2 Å². The molecule has 16 heteroatoms. The molecule has 0 spiro atoms. The molecule has 3 fully saturated rings. The average Bonchev–Trinajstić information content (AvgIpc) is 3.91. The molecule has 2 bridgehead atoms. The lowest BCUT2D eigenvalue weighted by Gasteiger charge is -2.39. The van der Waals surface area contributed by atoms with Crippen molar-refractivity contribution in [2.24, 2.45) is 4.99 Å². The zero-order valence-corrected chi connectivity index (χ0v) is 38.8. The van der Waals surface area contributed by atoms with Crippen molar-refractivity contribution in [2.45, 2.75) is 186 Å². The van der Waals surface area contributed by atoms with Crippen LogP contribution in [0, 0.1) is 11.3 Å². The van der Waals surface area contributed by atoms with Crippen LogP contribution in [0.15, 0.2) is 17.6 Å². The second-order valence-corrected chi connectivity index (χ2v) is 18.9. The van der Waals surface area contributed by atoms with Crippen LogP contribution in [0.25, 0.3) is 11.2 Å². The molecule has 5 atom stereocenters. The molecule has 5 heterocycles. The van der Waals surface area contributed by atoms with Gasteiger partial charge in [-0.3, -0.25) is 9.40 Å². The Hall–Kier alpha value is -2.38. The number of fused-ring (bicyclic) bond motifs is 3. The van der Waals surface area contributed by atoms with Gasteiger partial charge in [0.1, 0.15) is 30.7 Å². The summed E-state index contributed by atoms with van der Waals surface area (Å²) in [6, 6.07) is 2.73. The molecule has 0 amide bonds. The number of rotatable bonds is 30. The molecule has 0 radical (unpaired) electrons. The van der Waals surface area contributed by atoms with Crippen molar-refractivity contribution in [3.8, 4) is 6.07 Å². The van der Waals surface area contributed by atoms with Crippen LogP contribution >= 0.6 is 8.53 Å². The van der Waals surface area contributed by atoms with E-state index in [9.17, 15) is 5.26 Å². The van der Waals surface area contributed by atoms with Crippen LogP contribution in [0.2, 0.25) is 0 Å². The van der Waals surface area contributed by atoms with E-state index in [4.69, 9.17) is 33.1 Å². The van der Waals surface area contributed by atoms with Gasteiger partial charge in [0.15, 0.2) is 23.2 Å². The smallest absolute Gasteiger partial charge is 0.259 e. The quantitative estimate of drug-likeness (QED) is 0.0242. The number of aromatic nitrogens is 4. The Bertz CT molecular complexity index is 1580. The first-order chi connectivity index (χ1) is 29.2. The molecule has 0 aromatic carbocycles. The number of aliphatic imine (C=N–C) groups is 1. The molecule has 3 unspecified atom stereocenters. The molecule has 0 aliphatic carbocycles. The van der Waals surface area contributed by atoms with Gasteiger partial charge in [-0.2, -0.15) is 10.3 Å². The molecule has 3 aliphatic heterocycles. The number of hydroxylamine groups is 2. The largest absolute Gasteiger partial charge is 0.381 e. The number of unbranched alkanes of at least 4 members (excludes halogenated alkanes) is 13. The predicted octanol–water partition coefficient (Wildman–Crippen LogP) is 9.27. The molecule has 0 N–H and O–H groups in total. The molecule has 15 nitrogen and oxygen atoms in total. The monoisotopic (exact) mass is 858 g/mol. The first-order valence-electron chi connectivity index (χ1n) is 23.1. The van der Waals surface area contributed by atoms with E-state index < -0.39 is 32.6 Å². The van der Waals surface area contributed by atoms with Crippen LogP contribution in [0.5, 0.6) is 0 Å². The fourth-order valence-corrected chi connectivity index (χ4v) is 10.3. The lowest BCUT2D eigenvalue weighted by molar-refractivity contribution is -0.260. The Kier molecular flexibility index (Phi) is 20.8. The highest BCUT2D eigenvalue weighted by molar-refractivity contribution is 7.44. The highest BCUT2D eigenvalue weighted by Crippen LogP contribution is 2.55. The van der Waals surface area contributed by atoms with Crippen molar-refractivity contribution in [3.63, 3.8) is 0 Å². The van der Waals surface area contributed by atoms with E-state index in [1.165, 1.54) is 89.8 Å². The van der Waals surface area contributed by atoms with Crippen molar-refractivity contribution in [1.29, 1.82) is 5.26 Å². The average molecular weight is 858 g/mol. The summed E-state index contributed by atoms with van der Waals surface area (Å²) in [6.45, 7) is 13.9. The van der Waals surface area contributed by atoms with Crippen LogP contribution < -0.4 is 0 Å². The normalized spacial score (nSPS) is 22.7. The van der Waals surface area contributed by atoms with Gasteiger partial charge in [0, 0.05) is 52.0 Å². The predicted molar refractivity (Wildman–Crippen MR) is 237 cm³/mol. The van der Waals surface area contributed by atoms with E-state index in [-0.39, 0.29) is 37.8 Å². The molecular formula is C44H76N9O6P. The SMILES string of the molecule is CCCCCCCCCCCCCCCCN(OC[C@]12COC(C1OP(OCCC#N)N(C(C)C)C(C)C)[C@H](n1cnc3c(/N=C\N(C)C)ncnc31)O2)C1CCOCC1. The Morgan fingerprint density at radius 1 is 0.950 bits per heavy atom. The molecule has 0 saturated carbocycles. The van der Waals surface area contributed by atoms with Crippen LogP contribution in [0.1, 0.15) is 150 Å². The topological polar surface area (TPSA) is 145 Å². The number of ether oxygens (including phenoxy) is 3. The summed E-state index contributed by atoms with van der Waals surface area (Å²) in [7, 11) is 2.21. The maximum absolute atomic E-state index is 9.39. The lowest BCUT2D eigenvalue weighted by atomic mass is 10.0. The maximum Gasteiger partial charge on any atom is 0.259 e. The Morgan fingerprint density at radius 2 is 1.60 bits per heavy atom. The third-order valence-electron chi connectivity index (χ3n) is 11.7. The summed E-state index contributed by atoms with van der Waals surface area (Å²) in [5.74, 6) is 0.469. The van der Waals surface area contributed by atoms with Gasteiger partial charge >= 0.3 is 0 Å². The summed E-state index contributed by atoms with van der Waals surface area (Å²) >= 11 is 0. The number of imidazole rings is 1. The van der Waals surface area contributed by atoms with Crippen LogP contribution in [0.4, 0.5) is 5.82 Å². The zero-order chi connectivity index (χ0) is 42.7. The van der Waals surface area contributed by atoms with E-state index in [2.05, 4.69) is 65.4 Å². The van der Waals surface area contributed by atoms with E-state index in [0.717, 1.165) is 39.0 Å². The molecule has 60 heavy (non-hydrogen) atoms. The van der Waals surface area contributed by atoms with Crippen LogP contribution in [-0.4, -0.2) is 130 Å². The first-order valence-corrected chi connectivity index (χ1v) is 24.2. The van der Waals surface area contributed by atoms with Gasteiger partial charge in [-0.1, -0.05) is 90.4 Å². The highest BCUT2D eigenvalue weighted by Gasteiger charge is 2.65. The minimum Gasteiger partial charge on any atom is -0.381 e. The van der Waals surface area contributed by atoms with Crippen LogP contribution in [0.3, 0.4) is 0 Å². The highest BCUT2D eigenvalue weighted by atomic mass is 31.2. The van der Waals surface area contributed by atoms with Crippen molar-refractivity contribution < 1.29 is 28.1 Å². The minimum atomic E-state index is -1.60. The second kappa shape index (κ2) is 25.7.